The van der Waals surface area contributed by atoms with Crippen molar-refractivity contribution in [2.45, 2.75) is 13.0 Å². The van der Waals surface area contributed by atoms with Gasteiger partial charge in [0.1, 0.15) is 0 Å². The Labute approximate surface area is 176 Å². The van der Waals surface area contributed by atoms with E-state index in [1.165, 1.54) is 0 Å². The van der Waals surface area contributed by atoms with E-state index >= 15 is 0 Å². The first-order valence-electron chi connectivity index (χ1n) is 8.52. The van der Waals surface area contributed by atoms with E-state index in [9.17, 15) is 9.59 Å². The summed E-state index contributed by atoms with van der Waals surface area (Å²) in [4.78, 5) is 25.4. The second-order valence-electron chi connectivity index (χ2n) is 6.16. The van der Waals surface area contributed by atoms with Gasteiger partial charge in [-0.05, 0) is 48.9 Å². The molecule has 0 aromatic heterocycles. The Bertz CT molecular complexity index is 990. The molecule has 0 spiro atoms. The molecule has 0 aliphatic heterocycles. The Hall–Kier alpha value is -2.63. The fourth-order valence-corrected chi connectivity index (χ4v) is 2.99. The molecule has 1 amide bonds. The second kappa shape index (κ2) is 9.04. The van der Waals surface area contributed by atoms with Crippen molar-refractivity contribution in [2.75, 3.05) is 5.32 Å². The number of hydrogen-bond donors (Lipinski definition) is 1. The minimum atomic E-state index is -1.10. The van der Waals surface area contributed by atoms with Crippen LogP contribution in [0.25, 0.3) is 0 Å². The second-order valence-corrected chi connectivity index (χ2v) is 7.48. The number of hydrogen-bond acceptors (Lipinski definition) is 3. The molecular formula is C22H17BrClNO3. The molecule has 0 fully saturated rings. The lowest BCUT2D eigenvalue weighted by Gasteiger charge is -2.18. The van der Waals surface area contributed by atoms with Crippen LogP contribution in [0.15, 0.2) is 77.3 Å². The molecule has 0 bridgehead atoms. The number of amides is 1. The van der Waals surface area contributed by atoms with Gasteiger partial charge in [-0.2, -0.15) is 0 Å². The van der Waals surface area contributed by atoms with Crippen molar-refractivity contribution in [3.8, 4) is 0 Å². The lowest BCUT2D eigenvalue weighted by molar-refractivity contribution is -0.125. The smallest absolute Gasteiger partial charge is 0.339 e. The zero-order chi connectivity index (χ0) is 20.1. The third-order valence-corrected chi connectivity index (χ3v) is 5.02. The zero-order valence-electron chi connectivity index (χ0n) is 15.0. The Kier molecular flexibility index (Phi) is 6.49. The van der Waals surface area contributed by atoms with E-state index in [0.29, 0.717) is 21.8 Å². The topological polar surface area (TPSA) is 55.4 Å². The normalized spacial score (nSPS) is 11.5. The van der Waals surface area contributed by atoms with Crippen molar-refractivity contribution < 1.29 is 14.3 Å². The maximum Gasteiger partial charge on any atom is 0.339 e. The minimum absolute atomic E-state index is 0.357. The number of rotatable bonds is 5. The third kappa shape index (κ3) is 5.00. The molecule has 28 heavy (non-hydrogen) atoms. The van der Waals surface area contributed by atoms with E-state index in [0.717, 1.165) is 10.0 Å². The number of esters is 1. The Morgan fingerprint density at radius 1 is 1.00 bits per heavy atom. The van der Waals surface area contributed by atoms with Crippen LogP contribution in [0.2, 0.25) is 5.02 Å². The molecule has 0 heterocycles. The van der Waals surface area contributed by atoms with Crippen molar-refractivity contribution >= 4 is 45.1 Å². The summed E-state index contributed by atoms with van der Waals surface area (Å²) in [6, 6.07) is 20.8. The number of carbonyl (C=O) groups excluding carboxylic acids is 2. The van der Waals surface area contributed by atoms with Crippen LogP contribution in [0, 0.1) is 6.92 Å². The van der Waals surface area contributed by atoms with Gasteiger partial charge in [-0.15, -0.1) is 0 Å². The highest BCUT2D eigenvalue weighted by molar-refractivity contribution is 9.10. The molecule has 0 saturated carbocycles. The van der Waals surface area contributed by atoms with E-state index in [1.54, 1.807) is 60.7 Å². The highest BCUT2D eigenvalue weighted by Gasteiger charge is 2.26. The molecule has 0 aliphatic carbocycles. The summed E-state index contributed by atoms with van der Waals surface area (Å²) in [7, 11) is 0. The van der Waals surface area contributed by atoms with Crippen LogP contribution in [0.1, 0.15) is 27.6 Å². The van der Waals surface area contributed by atoms with Gasteiger partial charge in [0.2, 0.25) is 6.10 Å². The first-order valence-corrected chi connectivity index (χ1v) is 9.69. The Balaban J connectivity index is 1.84. The van der Waals surface area contributed by atoms with Gasteiger partial charge >= 0.3 is 5.97 Å². The van der Waals surface area contributed by atoms with Crippen LogP contribution in [-0.4, -0.2) is 11.9 Å². The number of aryl methyl sites for hydroxylation is 1. The van der Waals surface area contributed by atoms with E-state index < -0.39 is 18.0 Å². The van der Waals surface area contributed by atoms with Crippen LogP contribution in [0.5, 0.6) is 0 Å². The first kappa shape index (κ1) is 20.1. The van der Waals surface area contributed by atoms with Crippen LogP contribution in [-0.2, 0) is 9.53 Å². The van der Waals surface area contributed by atoms with E-state index in [1.807, 2.05) is 19.1 Å². The van der Waals surface area contributed by atoms with Crippen molar-refractivity contribution in [1.29, 1.82) is 0 Å². The molecule has 1 atom stereocenters. The van der Waals surface area contributed by atoms with E-state index in [4.69, 9.17) is 16.3 Å². The number of halogens is 2. The summed E-state index contributed by atoms with van der Waals surface area (Å²) in [6.45, 7) is 1.88. The lowest BCUT2D eigenvalue weighted by atomic mass is 10.1. The maximum atomic E-state index is 12.9. The van der Waals surface area contributed by atoms with Gasteiger partial charge in [-0.1, -0.05) is 63.9 Å². The molecule has 0 aliphatic rings. The van der Waals surface area contributed by atoms with Gasteiger partial charge in [0, 0.05) is 20.7 Å². The van der Waals surface area contributed by atoms with Crippen molar-refractivity contribution in [3.63, 3.8) is 0 Å². The SMILES string of the molecule is Cc1ccc(NC(=O)[C@@H](OC(=O)c2ccc(Br)cc2)c2ccccc2)cc1Cl. The lowest BCUT2D eigenvalue weighted by Crippen LogP contribution is -2.26. The largest absolute Gasteiger partial charge is 0.444 e. The molecule has 3 aromatic carbocycles. The van der Waals surface area contributed by atoms with Crippen LogP contribution in [0.3, 0.4) is 0 Å². The number of ether oxygens (including phenoxy) is 1. The van der Waals surface area contributed by atoms with Gasteiger partial charge in [0.15, 0.2) is 0 Å². The average molecular weight is 459 g/mol. The fourth-order valence-electron chi connectivity index (χ4n) is 2.54. The summed E-state index contributed by atoms with van der Waals surface area (Å²) in [5.74, 6) is -1.05. The van der Waals surface area contributed by atoms with Crippen molar-refractivity contribution in [2.24, 2.45) is 0 Å². The number of nitrogens with one attached hydrogen (secondary N) is 1. The Morgan fingerprint density at radius 2 is 1.68 bits per heavy atom. The minimum Gasteiger partial charge on any atom is -0.444 e. The number of benzene rings is 3. The number of carbonyl (C=O) groups is 2. The molecule has 1 N–H and O–H groups in total. The molecule has 6 heteroatoms. The predicted octanol–water partition coefficient (Wildman–Crippen LogP) is 5.95. The highest BCUT2D eigenvalue weighted by atomic mass is 79.9. The maximum absolute atomic E-state index is 12.9. The summed E-state index contributed by atoms with van der Waals surface area (Å²) < 4.78 is 6.40. The van der Waals surface area contributed by atoms with Gasteiger partial charge in [-0.3, -0.25) is 4.79 Å². The van der Waals surface area contributed by atoms with Crippen molar-refractivity contribution in [1.82, 2.24) is 0 Å². The molecule has 0 unspecified atom stereocenters. The highest BCUT2D eigenvalue weighted by Crippen LogP contribution is 2.24. The van der Waals surface area contributed by atoms with E-state index in [2.05, 4.69) is 21.2 Å². The van der Waals surface area contributed by atoms with Gasteiger partial charge < -0.3 is 10.1 Å². The fraction of sp³-hybridized carbons (Fsp3) is 0.0909. The summed E-state index contributed by atoms with van der Waals surface area (Å²) >= 11 is 9.46. The molecule has 0 radical (unpaired) electrons. The summed E-state index contributed by atoms with van der Waals surface area (Å²) in [5.41, 5.74) is 2.36. The molecular weight excluding hydrogens is 442 g/mol. The Morgan fingerprint density at radius 3 is 2.32 bits per heavy atom. The molecule has 4 nitrogen and oxygen atoms in total. The van der Waals surface area contributed by atoms with Crippen LogP contribution < -0.4 is 5.32 Å². The van der Waals surface area contributed by atoms with Gasteiger partial charge in [0.25, 0.3) is 5.91 Å². The molecule has 3 rings (SSSR count). The van der Waals surface area contributed by atoms with Crippen LogP contribution >= 0.6 is 27.5 Å². The first-order chi connectivity index (χ1) is 13.4. The quantitative estimate of drug-likeness (QED) is 0.481. The number of anilines is 1. The van der Waals surface area contributed by atoms with E-state index in [-0.39, 0.29) is 0 Å². The molecule has 3 aromatic rings. The predicted molar refractivity (Wildman–Crippen MR) is 114 cm³/mol. The van der Waals surface area contributed by atoms with Crippen LogP contribution in [0.4, 0.5) is 5.69 Å². The van der Waals surface area contributed by atoms with Gasteiger partial charge in [-0.25, -0.2) is 4.79 Å². The van der Waals surface area contributed by atoms with Crippen molar-refractivity contribution in [3.05, 3.63) is 99.0 Å². The monoisotopic (exact) mass is 457 g/mol. The third-order valence-electron chi connectivity index (χ3n) is 4.08. The van der Waals surface area contributed by atoms with Gasteiger partial charge in [0.05, 0.1) is 5.56 Å². The molecule has 142 valence electrons. The zero-order valence-corrected chi connectivity index (χ0v) is 17.3. The summed E-state index contributed by atoms with van der Waals surface area (Å²) in [5, 5.41) is 3.31. The standard InChI is InChI=1S/C22H17BrClNO3/c1-14-7-12-18(13-19(14)24)25-21(26)20(15-5-3-2-4-6-15)28-22(27)16-8-10-17(23)11-9-16/h2-13,20H,1H3,(H,25,26)/t20-/m0/s1. The average Bonchev–Trinajstić information content (AvgIpc) is 2.70. The molecule has 0 saturated heterocycles. The summed E-state index contributed by atoms with van der Waals surface area (Å²) in [6.07, 6.45) is -1.10.